The molecule has 2 saturated heterocycles. The summed E-state index contributed by atoms with van der Waals surface area (Å²) < 4.78 is 32.8. The van der Waals surface area contributed by atoms with Gasteiger partial charge >= 0.3 is 18.1 Å². The maximum Gasteiger partial charge on any atom is 0.412 e. The number of carbonyl (C=O) groups is 5. The smallest absolute Gasteiger partial charge is 0.412 e. The summed E-state index contributed by atoms with van der Waals surface area (Å²) in [6.45, 7) is 13.7. The summed E-state index contributed by atoms with van der Waals surface area (Å²) in [5.41, 5.74) is -0.125. The Morgan fingerprint density at radius 3 is 2.32 bits per heavy atom. The number of thioether (sulfide) groups is 1. The highest BCUT2D eigenvalue weighted by Crippen LogP contribution is 2.33. The van der Waals surface area contributed by atoms with Crippen molar-refractivity contribution in [1.29, 1.82) is 0 Å². The van der Waals surface area contributed by atoms with Gasteiger partial charge in [0.15, 0.2) is 5.78 Å². The first kappa shape index (κ1) is 51.6. The third-order valence-corrected chi connectivity index (χ3v) is 10.3. The van der Waals surface area contributed by atoms with Crippen LogP contribution in [-0.4, -0.2) is 142 Å². The van der Waals surface area contributed by atoms with E-state index in [1.165, 1.54) is 12.3 Å². The zero-order valence-electron chi connectivity index (χ0n) is 36.9. The first-order valence-electron chi connectivity index (χ1n) is 20.9. The van der Waals surface area contributed by atoms with Crippen LogP contribution in [-0.2, 0) is 38.0 Å². The van der Waals surface area contributed by atoms with Crippen LogP contribution in [0.1, 0.15) is 96.0 Å². The number of hydrogen-bond acceptors (Lipinski definition) is 15. The van der Waals surface area contributed by atoms with Crippen LogP contribution < -0.4 is 27.1 Å². The Hall–Kier alpha value is -4.74. The number of rotatable bonds is 26. The molecular weight excluding hydrogens is 823 g/mol. The lowest BCUT2D eigenvalue weighted by Crippen LogP contribution is -2.36. The van der Waals surface area contributed by atoms with E-state index in [9.17, 15) is 24.0 Å². The Morgan fingerprint density at radius 1 is 0.903 bits per heavy atom. The number of aliphatic imine (C=N–C) groups is 1. The molecule has 0 spiro atoms. The van der Waals surface area contributed by atoms with Crippen molar-refractivity contribution in [3.63, 3.8) is 0 Å². The summed E-state index contributed by atoms with van der Waals surface area (Å²) >= 11 is 1.89. The zero-order chi connectivity index (χ0) is 45.4. The zero-order valence-corrected chi connectivity index (χ0v) is 37.7. The number of anilines is 1. The second-order valence-corrected chi connectivity index (χ2v) is 17.7. The summed E-state index contributed by atoms with van der Waals surface area (Å²) in [6, 6.07) is 5.07. The van der Waals surface area contributed by atoms with Crippen LogP contribution in [0.3, 0.4) is 0 Å². The van der Waals surface area contributed by atoms with Crippen molar-refractivity contribution in [2.24, 2.45) is 15.9 Å². The van der Waals surface area contributed by atoms with Crippen LogP contribution in [0.15, 0.2) is 28.3 Å². The summed E-state index contributed by atoms with van der Waals surface area (Å²) in [4.78, 5) is 65.7. The van der Waals surface area contributed by atoms with Crippen LogP contribution in [0, 0.1) is 11.8 Å². The molecule has 1 aromatic carbocycles. The number of fused-ring (bicyclic) bond motifs is 1. The average molecular weight is 888 g/mol. The van der Waals surface area contributed by atoms with Gasteiger partial charge in [0.2, 0.25) is 5.91 Å². The third kappa shape index (κ3) is 21.9. The molecule has 2 heterocycles. The number of benzene rings is 1. The average Bonchev–Trinajstić information content (AvgIpc) is 3.75. The second kappa shape index (κ2) is 27.3. The fourth-order valence-electron chi connectivity index (χ4n) is 6.03. The second-order valence-electron chi connectivity index (χ2n) is 16.4. The Balaban J connectivity index is 1.22. The number of unbranched alkanes of at least 4 members (excludes halogenated alkanes) is 1. The van der Waals surface area contributed by atoms with Crippen molar-refractivity contribution in [2.75, 3.05) is 77.0 Å². The number of nitrogens with one attached hydrogen (secondary N) is 4. The summed E-state index contributed by atoms with van der Waals surface area (Å²) in [7, 11) is 0. The van der Waals surface area contributed by atoms with Crippen molar-refractivity contribution < 1.29 is 52.4 Å². The largest absolute Gasteiger partial charge is 0.460 e. The van der Waals surface area contributed by atoms with E-state index in [-0.39, 0.29) is 67.1 Å². The van der Waals surface area contributed by atoms with E-state index in [0.29, 0.717) is 75.7 Å². The molecule has 19 heteroatoms. The Kier molecular flexibility index (Phi) is 22.8. The molecule has 2 aliphatic heterocycles. The Labute approximate surface area is 369 Å². The maximum absolute atomic E-state index is 13.1. The van der Waals surface area contributed by atoms with Crippen molar-refractivity contribution in [3.05, 3.63) is 29.3 Å². The number of nitrogens with zero attached hydrogens (tertiary/aromatic N) is 2. The number of ether oxygens (including phenoxy) is 6. The highest BCUT2D eigenvalue weighted by atomic mass is 32.2. The molecule has 344 valence electrons. The van der Waals surface area contributed by atoms with Gasteiger partial charge in [0.05, 0.1) is 77.0 Å². The van der Waals surface area contributed by atoms with Gasteiger partial charge in [-0.3, -0.25) is 24.7 Å². The van der Waals surface area contributed by atoms with Crippen molar-refractivity contribution >= 4 is 59.2 Å². The fraction of sp³-hybridized carbons (Fsp3) is 0.651. The van der Waals surface area contributed by atoms with Gasteiger partial charge in [0.25, 0.3) is 0 Å². The summed E-state index contributed by atoms with van der Waals surface area (Å²) in [5.74, 6) is 11.4. The molecule has 2 fully saturated rings. The number of ketones is 1. The molecule has 3 atom stereocenters. The van der Waals surface area contributed by atoms with Crippen molar-refractivity contribution in [3.8, 4) is 11.8 Å². The van der Waals surface area contributed by atoms with E-state index < -0.39 is 23.3 Å². The number of esters is 1. The molecule has 0 bridgehead atoms. The molecular formula is C43H65N7O11S. The molecule has 0 aliphatic carbocycles. The van der Waals surface area contributed by atoms with E-state index in [1.807, 2.05) is 11.8 Å². The normalized spacial score (nSPS) is 17.4. The minimum Gasteiger partial charge on any atom is -0.460 e. The molecule has 0 radical (unpaired) electrons. The van der Waals surface area contributed by atoms with Crippen molar-refractivity contribution in [2.45, 2.75) is 109 Å². The molecule has 3 rings (SSSR count). The lowest BCUT2D eigenvalue weighted by molar-refractivity contribution is -0.154. The van der Waals surface area contributed by atoms with Gasteiger partial charge < -0.3 is 50.2 Å². The van der Waals surface area contributed by atoms with Crippen LogP contribution in [0.5, 0.6) is 0 Å². The molecule has 2 aliphatic rings. The van der Waals surface area contributed by atoms with Gasteiger partial charge in [-0.05, 0) is 72.6 Å². The van der Waals surface area contributed by atoms with Gasteiger partial charge in [0, 0.05) is 47.7 Å². The molecule has 62 heavy (non-hydrogen) atoms. The molecule has 1 unspecified atom stereocenters. The van der Waals surface area contributed by atoms with Crippen LogP contribution in [0.4, 0.5) is 15.3 Å². The van der Waals surface area contributed by atoms with Crippen LogP contribution in [0.25, 0.3) is 0 Å². The molecule has 18 nitrogen and oxygen atoms in total. The first-order chi connectivity index (χ1) is 29.5. The van der Waals surface area contributed by atoms with E-state index in [2.05, 4.69) is 43.2 Å². The predicted octanol–water partition coefficient (Wildman–Crippen LogP) is 3.98. The van der Waals surface area contributed by atoms with Gasteiger partial charge in [-0.25, -0.2) is 9.59 Å². The molecule has 0 saturated carbocycles. The number of carbonyl (C=O) groups excluding carboxylic acids is 5. The molecule has 0 aromatic heterocycles. The number of Topliss-reactive ketones (excluding diaryl/α,β-unsaturated/α-hetero) is 1. The first-order valence-corrected chi connectivity index (χ1v) is 22.0. The predicted molar refractivity (Wildman–Crippen MR) is 238 cm³/mol. The molecule has 4 amide bonds. The number of urea groups is 1. The van der Waals surface area contributed by atoms with E-state index in [4.69, 9.17) is 34.3 Å². The number of amides is 4. The number of hydrazone groups is 1. The van der Waals surface area contributed by atoms with Gasteiger partial charge in [-0.15, -0.1) is 0 Å². The standard InChI is InChI=1S/C43H65N7O11S/c1-42(2,3)60-38(53)16-15-35(51)32-14-13-30(26-33(32)48-41(55)61-43(4,5)6)10-9-19-59-28-31(50-44)27-45-17-20-56-22-24-58-25-23-57-21-18-46-37(52)12-8-7-11-36-39-34(29-62-36)47-40(54)49-39/h13-14,26-27,34,36,39H,7-8,11-12,15-25,28-29,44H2,1-6H3,(H,46,52)(H,48,55)(H2,47,49,54)/t34?,36-,39-/m0/s1. The minimum absolute atomic E-state index is 0.0141. The van der Waals surface area contributed by atoms with Crippen LogP contribution >= 0.6 is 11.8 Å². The summed E-state index contributed by atoms with van der Waals surface area (Å²) in [5, 5.41) is 15.6. The highest BCUT2D eigenvalue weighted by Gasteiger charge is 2.42. The lowest BCUT2D eigenvalue weighted by atomic mass is 10.0. The SMILES string of the molecule is CC(C)(C)OC(=O)CCC(=O)c1ccc(C#CCOCC(C=NCCOCCOCCOCCNC(=O)CCCC[C@@H]2SCC3NC(=O)N[C@@H]32)=NN)cc1NC(=O)OC(C)(C)C. The molecule has 1 aromatic rings. The quantitative estimate of drug-likeness (QED) is 0.0130. The Morgan fingerprint density at radius 2 is 1.61 bits per heavy atom. The highest BCUT2D eigenvalue weighted by molar-refractivity contribution is 8.00. The monoisotopic (exact) mass is 887 g/mol. The number of nitrogens with two attached hydrogens (primary N) is 1. The van der Waals surface area contributed by atoms with Crippen LogP contribution in [0.2, 0.25) is 0 Å². The van der Waals surface area contributed by atoms with Crippen molar-refractivity contribution in [1.82, 2.24) is 16.0 Å². The summed E-state index contributed by atoms with van der Waals surface area (Å²) in [6.07, 6.45) is 3.77. The lowest BCUT2D eigenvalue weighted by Gasteiger charge is -2.21. The fourth-order valence-corrected chi connectivity index (χ4v) is 7.58. The molecule has 6 N–H and O–H groups in total. The van der Waals surface area contributed by atoms with E-state index in [0.717, 1.165) is 25.0 Å². The Bertz CT molecular complexity index is 1750. The number of hydrogen-bond donors (Lipinski definition) is 5. The third-order valence-electron chi connectivity index (χ3n) is 8.75. The van der Waals surface area contributed by atoms with Gasteiger partial charge in [0.1, 0.15) is 23.5 Å². The minimum atomic E-state index is -0.764. The topological polar surface area (TPSA) is 240 Å². The van der Waals surface area contributed by atoms with E-state index >= 15 is 0 Å². The van der Waals surface area contributed by atoms with Gasteiger partial charge in [-0.1, -0.05) is 18.3 Å². The van der Waals surface area contributed by atoms with Gasteiger partial charge in [-0.2, -0.15) is 16.9 Å². The maximum atomic E-state index is 13.1. The van der Waals surface area contributed by atoms with E-state index in [1.54, 1.807) is 53.7 Å².